The van der Waals surface area contributed by atoms with Crippen LogP contribution in [0.3, 0.4) is 0 Å². The molecule has 1 heteroatoms. The van der Waals surface area contributed by atoms with Gasteiger partial charge in [0.05, 0.1) is 10.8 Å². The molecule has 0 atom stereocenters. The molecule has 0 fully saturated rings. The molecule has 0 amide bonds. The molecule has 10 aromatic carbocycles. The van der Waals surface area contributed by atoms with Crippen molar-refractivity contribution in [1.82, 2.24) is 0 Å². The average molecular weight is 802 g/mol. The maximum atomic E-state index is 2.63. The van der Waals surface area contributed by atoms with E-state index in [2.05, 4.69) is 266 Å². The van der Waals surface area contributed by atoms with Crippen molar-refractivity contribution in [3.63, 3.8) is 0 Å². The Hall–Kier alpha value is -8.00. The van der Waals surface area contributed by atoms with Gasteiger partial charge in [0.15, 0.2) is 0 Å². The Bertz CT molecular complexity index is 3120. The molecule has 0 unspecified atom stereocenters. The van der Waals surface area contributed by atoms with Crippen molar-refractivity contribution < 1.29 is 0 Å². The van der Waals surface area contributed by atoms with E-state index in [0.717, 1.165) is 17.1 Å². The van der Waals surface area contributed by atoms with Gasteiger partial charge in [-0.3, -0.25) is 0 Å². The predicted molar refractivity (Wildman–Crippen MR) is 261 cm³/mol. The third-order valence-electron chi connectivity index (χ3n) is 13.6. The molecule has 2 aliphatic rings. The molecule has 0 heterocycles. The highest BCUT2D eigenvalue weighted by molar-refractivity contribution is 6.07. The minimum atomic E-state index is -0.650. The molecule has 10 aromatic rings. The summed E-state index contributed by atoms with van der Waals surface area (Å²) in [5.74, 6) is 0. The molecule has 0 saturated carbocycles. The second-order valence-electron chi connectivity index (χ2n) is 16.7. The zero-order valence-corrected chi connectivity index (χ0v) is 34.8. The molecule has 0 aliphatic heterocycles. The van der Waals surface area contributed by atoms with Crippen LogP contribution in [0.2, 0.25) is 0 Å². The third-order valence-corrected chi connectivity index (χ3v) is 13.6. The molecular formula is C62H43N. The molecule has 12 rings (SSSR count). The quantitative estimate of drug-likeness (QED) is 0.148. The zero-order chi connectivity index (χ0) is 41.8. The van der Waals surface area contributed by atoms with E-state index in [4.69, 9.17) is 0 Å². The summed E-state index contributed by atoms with van der Waals surface area (Å²) < 4.78 is 0. The van der Waals surface area contributed by atoms with Crippen molar-refractivity contribution in [2.45, 2.75) is 10.8 Å². The van der Waals surface area contributed by atoms with Crippen LogP contribution in [0.15, 0.2) is 261 Å². The average Bonchev–Trinajstić information content (AvgIpc) is 3.83. The van der Waals surface area contributed by atoms with Gasteiger partial charge < -0.3 is 4.90 Å². The number of nitrogens with zero attached hydrogens (tertiary/aromatic N) is 1. The molecule has 296 valence electrons. The Labute approximate surface area is 369 Å². The molecule has 0 N–H and O–H groups in total. The Morgan fingerprint density at radius 1 is 0.238 bits per heavy atom. The van der Waals surface area contributed by atoms with Crippen molar-refractivity contribution in [3.05, 3.63) is 305 Å². The standard InChI is InChI=1S/C62H43N/c1-8-24-44(25-9-1)58-59-52-38-22-23-39-54(52)61(45-26-10-2-11-27-45,46-28-12-3-13-29-46)56(59)43-57-60(58)53-42-51(63(49-34-18-6-19-35-49)50-36-20-7-21-37-50)40-41-55(53)62(57,47-30-14-4-15-31-47)48-32-16-5-17-33-48/h1-43H. The number of hydrogen-bond donors (Lipinski definition) is 0. The molecule has 0 spiro atoms. The largest absolute Gasteiger partial charge is 0.310 e. The smallest absolute Gasteiger partial charge is 0.0713 e. The third kappa shape index (κ3) is 5.43. The molecular weight excluding hydrogens is 759 g/mol. The highest BCUT2D eigenvalue weighted by Gasteiger charge is 2.53. The first-order valence-electron chi connectivity index (χ1n) is 21.9. The zero-order valence-electron chi connectivity index (χ0n) is 34.8. The van der Waals surface area contributed by atoms with E-state index < -0.39 is 10.8 Å². The van der Waals surface area contributed by atoms with E-state index in [0.29, 0.717) is 0 Å². The van der Waals surface area contributed by atoms with E-state index in [1.807, 2.05) is 0 Å². The monoisotopic (exact) mass is 801 g/mol. The number of benzene rings is 10. The lowest BCUT2D eigenvalue weighted by Crippen LogP contribution is -2.31. The van der Waals surface area contributed by atoms with E-state index >= 15 is 0 Å². The van der Waals surface area contributed by atoms with Gasteiger partial charge in [-0.2, -0.15) is 0 Å². The van der Waals surface area contributed by atoms with Gasteiger partial charge >= 0.3 is 0 Å². The molecule has 0 aromatic heterocycles. The van der Waals surface area contributed by atoms with Gasteiger partial charge in [-0.15, -0.1) is 0 Å². The van der Waals surface area contributed by atoms with Gasteiger partial charge in [0.25, 0.3) is 0 Å². The van der Waals surface area contributed by atoms with E-state index in [1.165, 1.54) is 77.9 Å². The van der Waals surface area contributed by atoms with Gasteiger partial charge in [-0.1, -0.05) is 224 Å². The Kier molecular flexibility index (Phi) is 8.69. The molecule has 1 nitrogen and oxygen atoms in total. The summed E-state index contributed by atoms with van der Waals surface area (Å²) >= 11 is 0. The normalized spacial score (nSPS) is 13.7. The summed E-state index contributed by atoms with van der Waals surface area (Å²) in [5, 5.41) is 0. The first-order chi connectivity index (χ1) is 31.3. The van der Waals surface area contributed by atoms with E-state index in [9.17, 15) is 0 Å². The Morgan fingerprint density at radius 3 is 1.06 bits per heavy atom. The van der Waals surface area contributed by atoms with Crippen LogP contribution in [-0.4, -0.2) is 0 Å². The van der Waals surface area contributed by atoms with Gasteiger partial charge in [0.2, 0.25) is 0 Å². The Balaban J connectivity index is 1.30. The molecule has 63 heavy (non-hydrogen) atoms. The van der Waals surface area contributed by atoms with Crippen molar-refractivity contribution in [3.8, 4) is 33.4 Å². The summed E-state index contributed by atoms with van der Waals surface area (Å²) in [7, 11) is 0. The van der Waals surface area contributed by atoms with E-state index in [1.54, 1.807) is 0 Å². The van der Waals surface area contributed by atoms with Crippen molar-refractivity contribution in [2.75, 3.05) is 4.90 Å². The van der Waals surface area contributed by atoms with Crippen LogP contribution in [0.5, 0.6) is 0 Å². The van der Waals surface area contributed by atoms with Crippen LogP contribution in [0.4, 0.5) is 17.1 Å². The molecule has 2 aliphatic carbocycles. The summed E-state index contributed by atoms with van der Waals surface area (Å²) in [6.07, 6.45) is 0. The highest BCUT2D eigenvalue weighted by atomic mass is 15.1. The van der Waals surface area contributed by atoms with Gasteiger partial charge in [0, 0.05) is 17.1 Å². The molecule has 0 bridgehead atoms. The van der Waals surface area contributed by atoms with Crippen LogP contribution in [-0.2, 0) is 10.8 Å². The first kappa shape index (κ1) is 36.8. The van der Waals surface area contributed by atoms with Crippen LogP contribution in [0.1, 0.15) is 44.5 Å². The highest BCUT2D eigenvalue weighted by Crippen LogP contribution is 2.66. The summed E-state index contributed by atoms with van der Waals surface area (Å²) in [6.45, 7) is 0. The van der Waals surface area contributed by atoms with Crippen LogP contribution >= 0.6 is 0 Å². The number of anilines is 3. The fourth-order valence-electron chi connectivity index (χ4n) is 11.2. The lowest BCUT2D eigenvalue weighted by Gasteiger charge is -2.37. The fourth-order valence-corrected chi connectivity index (χ4v) is 11.2. The summed E-state index contributed by atoms with van der Waals surface area (Å²) in [6, 6.07) is 96.6. The van der Waals surface area contributed by atoms with Crippen molar-refractivity contribution in [2.24, 2.45) is 0 Å². The molecule has 0 saturated heterocycles. The minimum Gasteiger partial charge on any atom is -0.310 e. The Morgan fingerprint density at radius 2 is 0.603 bits per heavy atom. The van der Waals surface area contributed by atoms with Crippen molar-refractivity contribution >= 4 is 17.1 Å². The van der Waals surface area contributed by atoms with Gasteiger partial charge in [-0.05, 0) is 114 Å². The SMILES string of the molecule is c1ccc(-c2c3c(cc4c2-c2cc(N(c5ccccc5)c5ccccc5)ccc2C4(c2ccccc2)c2ccccc2)C(c2ccccc2)(c2ccccc2)c2ccccc2-3)cc1. The maximum Gasteiger partial charge on any atom is 0.0713 e. The lowest BCUT2D eigenvalue weighted by molar-refractivity contribution is 0.744. The maximum absolute atomic E-state index is 2.63. The van der Waals surface area contributed by atoms with E-state index in [-0.39, 0.29) is 0 Å². The van der Waals surface area contributed by atoms with Gasteiger partial charge in [0.1, 0.15) is 0 Å². The summed E-state index contributed by atoms with van der Waals surface area (Å²) in [4.78, 5) is 2.39. The van der Waals surface area contributed by atoms with Crippen LogP contribution in [0.25, 0.3) is 33.4 Å². The van der Waals surface area contributed by atoms with Crippen LogP contribution < -0.4 is 4.90 Å². The number of fused-ring (bicyclic) bond motifs is 6. The minimum absolute atomic E-state index is 0.594. The first-order valence-corrected chi connectivity index (χ1v) is 21.9. The number of para-hydroxylation sites is 2. The number of hydrogen-bond acceptors (Lipinski definition) is 1. The number of rotatable bonds is 8. The van der Waals surface area contributed by atoms with Gasteiger partial charge in [-0.25, -0.2) is 0 Å². The lowest BCUT2D eigenvalue weighted by atomic mass is 9.64. The second-order valence-corrected chi connectivity index (χ2v) is 16.7. The summed E-state index contributed by atoms with van der Waals surface area (Å²) in [5.41, 5.74) is 19.8. The topological polar surface area (TPSA) is 3.24 Å². The van der Waals surface area contributed by atoms with Crippen LogP contribution in [0, 0.1) is 0 Å². The van der Waals surface area contributed by atoms with Crippen molar-refractivity contribution in [1.29, 1.82) is 0 Å². The fraction of sp³-hybridized carbons (Fsp3) is 0.0323. The predicted octanol–water partition coefficient (Wildman–Crippen LogP) is 15.5. The molecule has 0 radical (unpaired) electrons. The second kappa shape index (κ2) is 14.9.